The molecule has 0 radical (unpaired) electrons. The number of benzene rings is 1. The molecule has 3 fully saturated rings. The average molecular weight is 741 g/mol. The predicted molar refractivity (Wildman–Crippen MR) is 198 cm³/mol. The molecule has 1 heterocycles. The Morgan fingerprint density at radius 2 is 1.62 bits per heavy atom. The molecule has 2 saturated carbocycles. The van der Waals surface area contributed by atoms with E-state index >= 15 is 0 Å². The van der Waals surface area contributed by atoms with Crippen LogP contribution >= 0.6 is 0 Å². The number of nitrogens with zero attached hydrogens (tertiary/aromatic N) is 2. The van der Waals surface area contributed by atoms with E-state index in [1.165, 1.54) is 4.90 Å². The van der Waals surface area contributed by atoms with E-state index < -0.39 is 66.2 Å². The van der Waals surface area contributed by atoms with Crippen LogP contribution in [0.4, 0.5) is 4.79 Å². The van der Waals surface area contributed by atoms with E-state index in [0.29, 0.717) is 18.4 Å². The molecule has 7 atom stereocenters. The van der Waals surface area contributed by atoms with Gasteiger partial charge in [-0.3, -0.25) is 24.0 Å². The highest BCUT2D eigenvalue weighted by Gasteiger charge is 2.53. The van der Waals surface area contributed by atoms with E-state index in [2.05, 4.69) is 21.3 Å². The van der Waals surface area contributed by atoms with Gasteiger partial charge in [0.2, 0.25) is 23.6 Å². The van der Waals surface area contributed by atoms with Crippen molar-refractivity contribution in [2.75, 3.05) is 20.6 Å². The summed E-state index contributed by atoms with van der Waals surface area (Å²) in [6, 6.07) is 4.96. The number of unbranched alkanes of at least 4 members (excludes halogenated alkanes) is 1. The number of nitrogens with one attached hydrogen (secondary N) is 4. The Kier molecular flexibility index (Phi) is 14.7. The van der Waals surface area contributed by atoms with Crippen molar-refractivity contribution < 1.29 is 38.6 Å². The van der Waals surface area contributed by atoms with Gasteiger partial charge in [0.05, 0.1) is 12.6 Å². The third-order valence-corrected chi connectivity index (χ3v) is 10.6. The van der Waals surface area contributed by atoms with Gasteiger partial charge in [0.25, 0.3) is 5.91 Å². The fraction of sp³-hybridized carbons (Fsp3) is 0.692. The first kappa shape index (κ1) is 41.6. The van der Waals surface area contributed by atoms with Crippen molar-refractivity contribution >= 4 is 35.6 Å². The number of likely N-dealkylation sites (N-methyl/N-ethyl adjacent to an activating group) is 1. The molecule has 0 unspecified atom stereocenters. The van der Waals surface area contributed by atoms with Crippen molar-refractivity contribution in [3.8, 4) is 0 Å². The number of hydrogen-bond donors (Lipinski definition) is 5. The van der Waals surface area contributed by atoms with Crippen LogP contribution < -0.4 is 21.3 Å². The number of ether oxygens (including phenoxy) is 1. The predicted octanol–water partition coefficient (Wildman–Crippen LogP) is 2.94. The van der Waals surface area contributed by atoms with E-state index in [1.54, 1.807) is 70.1 Å². The van der Waals surface area contributed by atoms with Crippen molar-refractivity contribution in [2.24, 2.45) is 11.8 Å². The Balaban J connectivity index is 1.45. The molecule has 1 saturated heterocycles. The maximum absolute atomic E-state index is 14.4. The number of aliphatic hydroxyl groups is 1. The molecule has 0 aromatic heterocycles. The minimum absolute atomic E-state index is 0.0874. The number of hydrogen-bond acceptors (Lipinski definition) is 8. The number of aliphatic hydroxyl groups excluding tert-OH is 1. The van der Waals surface area contributed by atoms with Gasteiger partial charge >= 0.3 is 6.09 Å². The molecule has 1 aromatic carbocycles. The topological polar surface area (TPSA) is 186 Å². The van der Waals surface area contributed by atoms with Crippen LogP contribution in [0.25, 0.3) is 0 Å². The number of piperidine rings is 1. The highest BCUT2D eigenvalue weighted by molar-refractivity contribution is 5.94. The summed E-state index contributed by atoms with van der Waals surface area (Å²) >= 11 is 0. The molecule has 53 heavy (non-hydrogen) atoms. The SMILES string of the molecule is CCCC[C@H](NC(=O)[C@@H]1[C@H]2CC[C@H](C2)N1C(=O)[C@@H](NC(=O)OC(C)(C)C)C1CCCCC1)[C@@H](O)C(=O)NCC(=O)N[C@H](C(=O)N(C)C)c1ccccc1. The van der Waals surface area contributed by atoms with Gasteiger partial charge < -0.3 is 40.9 Å². The molecular weight excluding hydrogens is 680 g/mol. The third-order valence-electron chi connectivity index (χ3n) is 10.6. The molecule has 4 rings (SSSR count). The van der Waals surface area contributed by atoms with Crippen LogP contribution in [0.3, 0.4) is 0 Å². The van der Waals surface area contributed by atoms with Gasteiger partial charge in [-0.1, -0.05) is 69.4 Å². The smallest absolute Gasteiger partial charge is 0.408 e. The van der Waals surface area contributed by atoms with Crippen molar-refractivity contribution in [3.63, 3.8) is 0 Å². The van der Waals surface area contributed by atoms with Crippen LogP contribution in [0.2, 0.25) is 0 Å². The van der Waals surface area contributed by atoms with Crippen molar-refractivity contribution in [1.82, 2.24) is 31.1 Å². The number of rotatable bonds is 15. The molecule has 3 aliphatic rings. The molecule has 6 amide bonds. The van der Waals surface area contributed by atoms with Gasteiger partial charge in [0.1, 0.15) is 23.7 Å². The number of amides is 6. The van der Waals surface area contributed by atoms with E-state index in [1.807, 2.05) is 6.92 Å². The Hall–Kier alpha value is -4.20. The molecule has 1 aliphatic heterocycles. The average Bonchev–Trinajstić information content (AvgIpc) is 3.75. The van der Waals surface area contributed by atoms with Gasteiger partial charge in [-0.2, -0.15) is 0 Å². The molecule has 2 bridgehead atoms. The lowest BCUT2D eigenvalue weighted by Crippen LogP contribution is -2.62. The maximum atomic E-state index is 14.4. The lowest BCUT2D eigenvalue weighted by Gasteiger charge is -2.40. The molecule has 14 nitrogen and oxygen atoms in total. The van der Waals surface area contributed by atoms with Crippen LogP contribution in [0.15, 0.2) is 30.3 Å². The number of carbonyl (C=O) groups is 6. The van der Waals surface area contributed by atoms with Crippen molar-refractivity contribution in [1.29, 1.82) is 0 Å². The maximum Gasteiger partial charge on any atom is 0.408 e. The Labute approximate surface area is 313 Å². The summed E-state index contributed by atoms with van der Waals surface area (Å²) in [5, 5.41) is 22.1. The normalized spacial score (nSPS) is 22.2. The van der Waals surface area contributed by atoms with Gasteiger partial charge in [-0.05, 0) is 76.7 Å². The second-order valence-corrected chi connectivity index (χ2v) is 16.0. The largest absolute Gasteiger partial charge is 0.444 e. The molecule has 14 heteroatoms. The van der Waals surface area contributed by atoms with E-state index in [0.717, 1.165) is 51.4 Å². The second-order valence-electron chi connectivity index (χ2n) is 16.0. The monoisotopic (exact) mass is 740 g/mol. The van der Waals surface area contributed by atoms with Crippen LogP contribution in [-0.2, 0) is 28.7 Å². The Morgan fingerprint density at radius 1 is 0.943 bits per heavy atom. The zero-order valence-corrected chi connectivity index (χ0v) is 32.2. The summed E-state index contributed by atoms with van der Waals surface area (Å²) < 4.78 is 5.53. The fourth-order valence-electron chi connectivity index (χ4n) is 7.95. The standard InChI is InChI=1S/C39H60N6O8/c1-7-8-19-28(33(47)35(49)40-23-29(46)42-30(36(50)44(5)6)24-15-11-9-12-16-24)41-34(48)32-26-20-21-27(22-26)45(32)37(51)31(25-17-13-10-14-18-25)43-38(52)53-39(2,3)4/h9,11-12,15-16,25-28,30-33,47H,7-8,10,13-14,17-23H2,1-6H3,(H,40,49)(H,41,48)(H,42,46)(H,43,52)/t26-,27+,28-,30-,31-,32-,33+/m0/s1. The minimum Gasteiger partial charge on any atom is -0.444 e. The van der Waals surface area contributed by atoms with E-state index in [4.69, 9.17) is 4.74 Å². The van der Waals surface area contributed by atoms with E-state index in [9.17, 15) is 33.9 Å². The summed E-state index contributed by atoms with van der Waals surface area (Å²) in [6.07, 6.45) is 5.96. The Bertz CT molecular complexity index is 1440. The summed E-state index contributed by atoms with van der Waals surface area (Å²) in [6.45, 7) is 6.73. The molecular formula is C39H60N6O8. The lowest BCUT2D eigenvalue weighted by molar-refractivity contribution is -0.146. The highest BCUT2D eigenvalue weighted by atomic mass is 16.6. The van der Waals surface area contributed by atoms with Crippen LogP contribution in [-0.4, -0.2) is 107 Å². The van der Waals surface area contributed by atoms with Gasteiger partial charge in [-0.15, -0.1) is 0 Å². The molecule has 2 aliphatic carbocycles. The number of likely N-dealkylation sites (tertiary alicyclic amines) is 1. The molecule has 0 spiro atoms. The molecule has 1 aromatic rings. The Morgan fingerprint density at radius 3 is 2.25 bits per heavy atom. The van der Waals surface area contributed by atoms with Crippen LogP contribution in [0, 0.1) is 11.8 Å². The van der Waals surface area contributed by atoms with Gasteiger partial charge in [0, 0.05) is 20.1 Å². The van der Waals surface area contributed by atoms with Crippen LogP contribution in [0.5, 0.6) is 0 Å². The van der Waals surface area contributed by atoms with Gasteiger partial charge in [0.15, 0.2) is 6.10 Å². The third kappa shape index (κ3) is 11.2. The van der Waals surface area contributed by atoms with Crippen molar-refractivity contribution in [2.45, 2.75) is 140 Å². The summed E-state index contributed by atoms with van der Waals surface area (Å²) in [7, 11) is 3.16. The summed E-state index contributed by atoms with van der Waals surface area (Å²) in [5.41, 5.74) is -0.174. The van der Waals surface area contributed by atoms with Crippen LogP contribution in [0.1, 0.15) is 110 Å². The lowest BCUT2D eigenvalue weighted by atomic mass is 9.83. The second kappa shape index (κ2) is 18.7. The van der Waals surface area contributed by atoms with Gasteiger partial charge in [-0.25, -0.2) is 4.79 Å². The zero-order valence-electron chi connectivity index (χ0n) is 32.2. The minimum atomic E-state index is -1.68. The number of carbonyl (C=O) groups excluding carboxylic acids is 6. The summed E-state index contributed by atoms with van der Waals surface area (Å²) in [5.74, 6) is -2.77. The highest BCUT2D eigenvalue weighted by Crippen LogP contribution is 2.44. The first-order chi connectivity index (χ1) is 25.1. The molecule has 5 N–H and O–H groups in total. The first-order valence-corrected chi connectivity index (χ1v) is 19.2. The number of alkyl carbamates (subject to hydrolysis) is 1. The first-order valence-electron chi connectivity index (χ1n) is 19.2. The van der Waals surface area contributed by atoms with E-state index in [-0.39, 0.29) is 36.1 Å². The zero-order chi connectivity index (χ0) is 38.9. The fourth-order valence-corrected chi connectivity index (χ4v) is 7.95. The number of fused-ring (bicyclic) bond motifs is 2. The quantitative estimate of drug-likeness (QED) is 0.182. The summed E-state index contributed by atoms with van der Waals surface area (Å²) in [4.78, 5) is 83.6. The molecule has 294 valence electrons. The van der Waals surface area contributed by atoms with Crippen molar-refractivity contribution in [3.05, 3.63) is 35.9 Å².